The van der Waals surface area contributed by atoms with Crippen LogP contribution in [-0.2, 0) is 22.4 Å². The molecule has 0 saturated heterocycles. The fraction of sp³-hybridized carbons (Fsp3) is 0.222. The number of carbonyl (C=O) groups excluding carboxylic acids is 1. The molecule has 0 spiro atoms. The molecule has 0 aliphatic carbocycles. The molecule has 0 heterocycles. The van der Waals surface area contributed by atoms with Crippen LogP contribution in [0.5, 0.6) is 5.75 Å². The molecule has 8 heteroatoms. The van der Waals surface area contributed by atoms with Gasteiger partial charge in [0.2, 0.25) is 5.54 Å². The van der Waals surface area contributed by atoms with Crippen LogP contribution in [0.25, 0.3) is 0 Å². The lowest BCUT2D eigenvalue weighted by molar-refractivity contribution is -0.347. The van der Waals surface area contributed by atoms with Crippen molar-refractivity contribution in [3.63, 3.8) is 0 Å². The topological polar surface area (TPSA) is 144 Å². The van der Waals surface area contributed by atoms with Crippen molar-refractivity contribution >= 4 is 11.8 Å². The number of Topliss-reactive ketones (excluding diaryl/α,β-unsaturated/α-hetero) is 1. The molecule has 0 radical (unpaired) electrons. The van der Waals surface area contributed by atoms with Crippen molar-refractivity contribution in [3.05, 3.63) is 65.7 Å². The fourth-order valence-corrected chi connectivity index (χ4v) is 2.70. The van der Waals surface area contributed by atoms with E-state index in [9.17, 15) is 30.2 Å². The molecule has 0 fully saturated rings. The number of carbonyl (C=O) groups is 2. The zero-order valence-corrected chi connectivity index (χ0v) is 13.8. The summed E-state index contributed by atoms with van der Waals surface area (Å²) in [7, 11) is 0. The summed E-state index contributed by atoms with van der Waals surface area (Å²) in [5, 5.41) is 37.5. The zero-order chi connectivity index (χ0) is 19.3. The minimum absolute atomic E-state index is 0.0310. The summed E-state index contributed by atoms with van der Waals surface area (Å²) in [6, 6.07) is 12.7. The van der Waals surface area contributed by atoms with Gasteiger partial charge >= 0.3 is 5.97 Å². The van der Waals surface area contributed by atoms with Crippen LogP contribution in [-0.4, -0.2) is 49.2 Å². The van der Waals surface area contributed by atoms with Crippen molar-refractivity contribution in [1.29, 1.82) is 0 Å². The number of hydroxylamine groups is 2. The minimum Gasteiger partial charge on any atom is -0.508 e. The summed E-state index contributed by atoms with van der Waals surface area (Å²) in [5.74, 6) is -2.74. The van der Waals surface area contributed by atoms with E-state index in [4.69, 9.17) is 5.73 Å². The molecule has 2 aromatic rings. The van der Waals surface area contributed by atoms with Gasteiger partial charge in [0.05, 0.1) is 6.04 Å². The predicted octanol–water partition coefficient (Wildman–Crippen LogP) is 0.978. The number of phenols is 1. The molecule has 2 aromatic carbocycles. The second kappa shape index (κ2) is 8.07. The average Bonchev–Trinajstić information content (AvgIpc) is 2.61. The molecule has 26 heavy (non-hydrogen) atoms. The van der Waals surface area contributed by atoms with E-state index in [-0.39, 0.29) is 12.2 Å². The third kappa shape index (κ3) is 4.06. The highest BCUT2D eigenvalue weighted by Crippen LogP contribution is 2.23. The third-order valence-corrected chi connectivity index (χ3v) is 4.13. The molecule has 6 N–H and O–H groups in total. The standard InChI is InChI=1S/C18H20N2O6/c19-15(10-12-6-8-14(21)9-7-12)16(22)18(17(23)24,20(25)26)11-13-4-2-1-3-5-13/h1-9,15,21,25-26H,10-11,19H2,(H,23,24)/t15-,18+/m0/s1. The van der Waals surface area contributed by atoms with Crippen molar-refractivity contribution in [2.24, 2.45) is 5.73 Å². The van der Waals surface area contributed by atoms with Crippen LogP contribution in [0.3, 0.4) is 0 Å². The zero-order valence-electron chi connectivity index (χ0n) is 13.8. The SMILES string of the molecule is N[C@@H](Cc1ccc(O)cc1)C(=O)[C@](Cc1ccccc1)(C(=O)O)N(O)O. The number of aliphatic carboxylic acids is 1. The maximum atomic E-state index is 12.8. The summed E-state index contributed by atoms with van der Waals surface area (Å²) < 4.78 is 0. The van der Waals surface area contributed by atoms with Gasteiger partial charge in [-0.3, -0.25) is 15.2 Å². The lowest BCUT2D eigenvalue weighted by Gasteiger charge is -2.32. The third-order valence-electron chi connectivity index (χ3n) is 4.13. The Bertz CT molecular complexity index is 763. The van der Waals surface area contributed by atoms with Crippen LogP contribution in [0, 0.1) is 0 Å². The van der Waals surface area contributed by atoms with Gasteiger partial charge in [-0.2, -0.15) is 0 Å². The first-order chi connectivity index (χ1) is 12.3. The highest BCUT2D eigenvalue weighted by Gasteiger charge is 2.53. The number of ketones is 1. The quantitative estimate of drug-likeness (QED) is 0.346. The van der Waals surface area contributed by atoms with Gasteiger partial charge in [-0.1, -0.05) is 42.5 Å². The fourth-order valence-electron chi connectivity index (χ4n) is 2.70. The van der Waals surface area contributed by atoms with Gasteiger partial charge in [-0.05, 0) is 34.9 Å². The number of carboxylic acids is 1. The Balaban J connectivity index is 2.32. The average molecular weight is 360 g/mol. The number of hydrogen-bond acceptors (Lipinski definition) is 7. The van der Waals surface area contributed by atoms with E-state index >= 15 is 0 Å². The van der Waals surface area contributed by atoms with E-state index in [1.165, 1.54) is 24.3 Å². The smallest absolute Gasteiger partial charge is 0.337 e. The van der Waals surface area contributed by atoms with E-state index in [1.54, 1.807) is 30.3 Å². The molecule has 8 nitrogen and oxygen atoms in total. The molecular weight excluding hydrogens is 340 g/mol. The Labute approximate surface area is 149 Å². The highest BCUT2D eigenvalue weighted by molar-refractivity contribution is 6.10. The van der Waals surface area contributed by atoms with Crippen LogP contribution in [0.15, 0.2) is 54.6 Å². The summed E-state index contributed by atoms with van der Waals surface area (Å²) >= 11 is 0. The van der Waals surface area contributed by atoms with E-state index in [2.05, 4.69) is 0 Å². The van der Waals surface area contributed by atoms with Gasteiger partial charge in [0.25, 0.3) is 0 Å². The van der Waals surface area contributed by atoms with Gasteiger partial charge in [-0.25, -0.2) is 4.79 Å². The summed E-state index contributed by atoms with van der Waals surface area (Å²) in [5.41, 5.74) is 4.25. The monoisotopic (exact) mass is 360 g/mol. The lowest BCUT2D eigenvalue weighted by Crippen LogP contribution is -2.64. The number of nitrogens with two attached hydrogens (primary N) is 1. The summed E-state index contributed by atoms with van der Waals surface area (Å²) in [6.07, 6.45) is -0.505. The van der Waals surface area contributed by atoms with Crippen LogP contribution in [0.2, 0.25) is 0 Å². The molecule has 0 bridgehead atoms. The first-order valence-electron chi connectivity index (χ1n) is 7.80. The minimum atomic E-state index is -2.64. The van der Waals surface area contributed by atoms with Crippen LogP contribution < -0.4 is 5.73 Å². The lowest BCUT2D eigenvalue weighted by atomic mass is 9.82. The van der Waals surface area contributed by atoms with E-state index < -0.39 is 35.0 Å². The van der Waals surface area contributed by atoms with Gasteiger partial charge in [0.1, 0.15) is 5.75 Å². The second-order valence-electron chi connectivity index (χ2n) is 5.96. The molecule has 2 atom stereocenters. The molecule has 2 rings (SSSR count). The van der Waals surface area contributed by atoms with Crippen LogP contribution in [0.1, 0.15) is 11.1 Å². The van der Waals surface area contributed by atoms with Crippen LogP contribution in [0.4, 0.5) is 0 Å². The van der Waals surface area contributed by atoms with Gasteiger partial charge < -0.3 is 15.9 Å². The maximum Gasteiger partial charge on any atom is 0.337 e. The second-order valence-corrected chi connectivity index (χ2v) is 5.96. The number of benzene rings is 2. The van der Waals surface area contributed by atoms with Gasteiger partial charge in [-0.15, -0.1) is 0 Å². The van der Waals surface area contributed by atoms with Gasteiger partial charge in [0.15, 0.2) is 5.78 Å². The predicted molar refractivity (Wildman–Crippen MR) is 90.7 cm³/mol. The van der Waals surface area contributed by atoms with E-state index in [0.717, 1.165) is 0 Å². The maximum absolute atomic E-state index is 12.8. The number of rotatable bonds is 8. The molecule has 0 unspecified atom stereocenters. The summed E-state index contributed by atoms with van der Waals surface area (Å²) in [6.45, 7) is 0. The highest BCUT2D eigenvalue weighted by atomic mass is 16.8. The Morgan fingerprint density at radius 2 is 1.58 bits per heavy atom. The van der Waals surface area contributed by atoms with Crippen molar-refractivity contribution in [2.45, 2.75) is 24.4 Å². The Hall–Kier alpha value is -2.78. The largest absolute Gasteiger partial charge is 0.508 e. The summed E-state index contributed by atoms with van der Waals surface area (Å²) in [4.78, 5) is 24.6. The molecule has 0 aromatic heterocycles. The molecular formula is C18H20N2O6. The molecule has 0 aliphatic heterocycles. The molecule has 0 saturated carbocycles. The van der Waals surface area contributed by atoms with Crippen LogP contribution >= 0.6 is 0 Å². The van der Waals surface area contributed by atoms with E-state index in [1.807, 2.05) is 0 Å². The van der Waals surface area contributed by atoms with Crippen molar-refractivity contribution in [3.8, 4) is 5.75 Å². The molecule has 138 valence electrons. The van der Waals surface area contributed by atoms with Gasteiger partial charge in [0, 0.05) is 6.42 Å². The van der Waals surface area contributed by atoms with Crippen molar-refractivity contribution in [2.75, 3.05) is 0 Å². The normalized spacial score (nSPS) is 14.6. The van der Waals surface area contributed by atoms with E-state index in [0.29, 0.717) is 11.1 Å². The Morgan fingerprint density at radius 3 is 2.08 bits per heavy atom. The Morgan fingerprint density at radius 1 is 1.00 bits per heavy atom. The number of nitrogens with zero attached hydrogens (tertiary/aromatic N) is 1. The first kappa shape index (κ1) is 19.5. The Kier molecular flexibility index (Phi) is 6.06. The first-order valence-corrected chi connectivity index (χ1v) is 7.80. The van der Waals surface area contributed by atoms with Crippen molar-refractivity contribution in [1.82, 2.24) is 5.23 Å². The number of aromatic hydroxyl groups is 1. The molecule has 0 aliphatic rings. The number of carboxylic acid groups (broad SMARTS) is 1. The van der Waals surface area contributed by atoms with Crippen molar-refractivity contribution < 1.29 is 30.2 Å². The number of hydrogen-bond donors (Lipinski definition) is 5. The number of phenolic OH excluding ortho intramolecular Hbond substituents is 1. The molecule has 0 amide bonds.